The van der Waals surface area contributed by atoms with Crippen molar-refractivity contribution in [3.63, 3.8) is 0 Å². The smallest absolute Gasteiger partial charge is 0.0635 e. The van der Waals surface area contributed by atoms with Gasteiger partial charge in [0.1, 0.15) is 0 Å². The van der Waals surface area contributed by atoms with Gasteiger partial charge in [-0.25, -0.2) is 0 Å². The quantitative estimate of drug-likeness (QED) is 0.755. The van der Waals surface area contributed by atoms with Gasteiger partial charge in [0.25, 0.3) is 0 Å². The normalized spacial score (nSPS) is 30.6. The van der Waals surface area contributed by atoms with E-state index in [1.165, 1.54) is 12.8 Å². The number of rotatable bonds is 3. The fraction of sp³-hybridized carbons (Fsp3) is 1.00. The lowest BCUT2D eigenvalue weighted by Gasteiger charge is -2.41. The molecule has 0 spiro atoms. The Labute approximate surface area is 98.3 Å². The van der Waals surface area contributed by atoms with Crippen molar-refractivity contribution < 1.29 is 9.47 Å². The average molecular weight is 228 g/mol. The fourth-order valence-corrected chi connectivity index (χ4v) is 2.97. The van der Waals surface area contributed by atoms with E-state index in [1.807, 2.05) is 0 Å². The van der Waals surface area contributed by atoms with Crippen LogP contribution in [0, 0.1) is 5.92 Å². The SMILES string of the molecule is CN(C)C(C1CCOCC1)C1COCCN1. The summed E-state index contributed by atoms with van der Waals surface area (Å²) >= 11 is 0. The van der Waals surface area contributed by atoms with Gasteiger partial charge in [-0.15, -0.1) is 0 Å². The summed E-state index contributed by atoms with van der Waals surface area (Å²) in [6.07, 6.45) is 2.36. The molecule has 0 bridgehead atoms. The van der Waals surface area contributed by atoms with Crippen molar-refractivity contribution >= 4 is 0 Å². The van der Waals surface area contributed by atoms with E-state index in [2.05, 4.69) is 24.3 Å². The molecule has 94 valence electrons. The molecular weight excluding hydrogens is 204 g/mol. The third kappa shape index (κ3) is 2.94. The van der Waals surface area contributed by atoms with E-state index in [9.17, 15) is 0 Å². The summed E-state index contributed by atoms with van der Waals surface area (Å²) < 4.78 is 11.0. The van der Waals surface area contributed by atoms with Gasteiger partial charge >= 0.3 is 0 Å². The van der Waals surface area contributed by atoms with E-state index in [-0.39, 0.29) is 0 Å². The topological polar surface area (TPSA) is 33.7 Å². The average Bonchev–Trinajstić information content (AvgIpc) is 2.31. The summed E-state index contributed by atoms with van der Waals surface area (Å²) in [4.78, 5) is 2.35. The third-order valence-electron chi connectivity index (χ3n) is 3.71. The Morgan fingerprint density at radius 2 is 1.88 bits per heavy atom. The van der Waals surface area contributed by atoms with Crippen LogP contribution >= 0.6 is 0 Å². The molecule has 0 amide bonds. The number of nitrogens with one attached hydrogen (secondary N) is 1. The lowest BCUT2D eigenvalue weighted by molar-refractivity contribution is -0.00495. The van der Waals surface area contributed by atoms with Crippen molar-refractivity contribution in [2.24, 2.45) is 5.92 Å². The second-order valence-corrected chi connectivity index (χ2v) is 5.04. The molecule has 0 radical (unpaired) electrons. The molecule has 0 aromatic heterocycles. The van der Waals surface area contributed by atoms with Gasteiger partial charge in [-0.3, -0.25) is 0 Å². The first-order valence-electron chi connectivity index (χ1n) is 6.34. The second-order valence-electron chi connectivity index (χ2n) is 5.04. The van der Waals surface area contributed by atoms with Crippen LogP contribution in [0.1, 0.15) is 12.8 Å². The fourth-order valence-electron chi connectivity index (χ4n) is 2.97. The van der Waals surface area contributed by atoms with Gasteiger partial charge in [0, 0.05) is 31.8 Å². The van der Waals surface area contributed by atoms with Gasteiger partial charge in [0.05, 0.1) is 13.2 Å². The maximum absolute atomic E-state index is 5.58. The van der Waals surface area contributed by atoms with Gasteiger partial charge in [-0.1, -0.05) is 0 Å². The van der Waals surface area contributed by atoms with Crippen LogP contribution in [-0.2, 0) is 9.47 Å². The molecule has 2 heterocycles. The van der Waals surface area contributed by atoms with Crippen LogP contribution in [0.25, 0.3) is 0 Å². The number of hydrogen-bond acceptors (Lipinski definition) is 4. The minimum Gasteiger partial charge on any atom is -0.381 e. The van der Waals surface area contributed by atoms with Gasteiger partial charge in [-0.05, 0) is 32.9 Å². The zero-order valence-corrected chi connectivity index (χ0v) is 10.4. The number of hydrogen-bond donors (Lipinski definition) is 1. The van der Waals surface area contributed by atoms with Crippen LogP contribution in [0.4, 0.5) is 0 Å². The molecule has 2 fully saturated rings. The highest BCUT2D eigenvalue weighted by atomic mass is 16.5. The zero-order valence-electron chi connectivity index (χ0n) is 10.4. The molecule has 2 saturated heterocycles. The van der Waals surface area contributed by atoms with Gasteiger partial charge in [0.2, 0.25) is 0 Å². The summed E-state index contributed by atoms with van der Waals surface area (Å²) in [5, 5.41) is 3.59. The van der Waals surface area contributed by atoms with Crippen molar-refractivity contribution in [1.29, 1.82) is 0 Å². The predicted molar refractivity (Wildman–Crippen MR) is 63.6 cm³/mol. The first-order valence-corrected chi connectivity index (χ1v) is 6.34. The van der Waals surface area contributed by atoms with E-state index in [4.69, 9.17) is 9.47 Å². The maximum Gasteiger partial charge on any atom is 0.0635 e. The number of morpholine rings is 1. The first kappa shape index (κ1) is 12.3. The minimum atomic E-state index is 0.479. The standard InChI is InChI=1S/C12H24N2O2/c1-14(2)12(10-3-6-15-7-4-10)11-9-16-8-5-13-11/h10-13H,3-9H2,1-2H3. The van der Waals surface area contributed by atoms with E-state index in [0.717, 1.165) is 38.9 Å². The molecule has 0 saturated carbocycles. The summed E-state index contributed by atoms with van der Waals surface area (Å²) in [5.74, 6) is 0.739. The van der Waals surface area contributed by atoms with E-state index >= 15 is 0 Å². The molecule has 2 rings (SSSR count). The highest BCUT2D eigenvalue weighted by Crippen LogP contribution is 2.24. The molecule has 4 heteroatoms. The van der Waals surface area contributed by atoms with Crippen molar-refractivity contribution in [3.05, 3.63) is 0 Å². The van der Waals surface area contributed by atoms with Crippen molar-refractivity contribution in [3.8, 4) is 0 Å². The van der Waals surface area contributed by atoms with Gasteiger partial charge in [0.15, 0.2) is 0 Å². The van der Waals surface area contributed by atoms with Crippen LogP contribution in [0.5, 0.6) is 0 Å². The van der Waals surface area contributed by atoms with Gasteiger partial charge < -0.3 is 19.7 Å². The largest absolute Gasteiger partial charge is 0.381 e. The molecule has 16 heavy (non-hydrogen) atoms. The van der Waals surface area contributed by atoms with Crippen LogP contribution < -0.4 is 5.32 Å². The monoisotopic (exact) mass is 228 g/mol. The predicted octanol–water partition coefficient (Wildman–Crippen LogP) is 0.332. The maximum atomic E-state index is 5.58. The molecule has 0 aliphatic carbocycles. The second kappa shape index (κ2) is 5.96. The summed E-state index contributed by atoms with van der Waals surface area (Å²) in [6, 6.07) is 1.05. The third-order valence-corrected chi connectivity index (χ3v) is 3.71. The summed E-state index contributed by atoms with van der Waals surface area (Å²) in [7, 11) is 4.35. The molecular formula is C12H24N2O2. The van der Waals surface area contributed by atoms with Crippen molar-refractivity contribution in [2.75, 3.05) is 47.1 Å². The van der Waals surface area contributed by atoms with E-state index in [1.54, 1.807) is 0 Å². The van der Waals surface area contributed by atoms with Crippen LogP contribution in [-0.4, -0.2) is 64.1 Å². The number of ether oxygens (including phenoxy) is 2. The molecule has 2 atom stereocenters. The summed E-state index contributed by atoms with van der Waals surface area (Å²) in [6.45, 7) is 4.52. The Bertz CT molecular complexity index is 181. The number of likely N-dealkylation sites (N-methyl/N-ethyl adjacent to an activating group) is 1. The Balaban J connectivity index is 1.96. The summed E-state index contributed by atoms with van der Waals surface area (Å²) in [5.41, 5.74) is 0. The molecule has 0 aromatic rings. The lowest BCUT2D eigenvalue weighted by atomic mass is 9.86. The van der Waals surface area contributed by atoms with Gasteiger partial charge in [-0.2, -0.15) is 0 Å². The Kier molecular flexibility index (Phi) is 4.58. The van der Waals surface area contributed by atoms with Crippen LogP contribution in [0.15, 0.2) is 0 Å². The highest BCUT2D eigenvalue weighted by molar-refractivity contribution is 4.90. The Morgan fingerprint density at radius 1 is 1.12 bits per heavy atom. The first-order chi connectivity index (χ1) is 7.79. The van der Waals surface area contributed by atoms with E-state index < -0.39 is 0 Å². The van der Waals surface area contributed by atoms with E-state index in [0.29, 0.717) is 12.1 Å². The van der Waals surface area contributed by atoms with Crippen LogP contribution in [0.3, 0.4) is 0 Å². The highest BCUT2D eigenvalue weighted by Gasteiger charge is 2.33. The molecule has 4 nitrogen and oxygen atoms in total. The molecule has 1 N–H and O–H groups in total. The number of nitrogens with zero attached hydrogens (tertiary/aromatic N) is 1. The Hall–Kier alpha value is -0.160. The van der Waals surface area contributed by atoms with Crippen molar-refractivity contribution in [2.45, 2.75) is 24.9 Å². The zero-order chi connectivity index (χ0) is 11.4. The molecule has 2 unspecified atom stereocenters. The van der Waals surface area contributed by atoms with Crippen molar-refractivity contribution in [1.82, 2.24) is 10.2 Å². The van der Waals surface area contributed by atoms with Crippen LogP contribution in [0.2, 0.25) is 0 Å². The lowest BCUT2D eigenvalue weighted by Crippen LogP contribution is -2.57. The minimum absolute atomic E-state index is 0.479. The Morgan fingerprint density at radius 3 is 2.44 bits per heavy atom. The molecule has 2 aliphatic rings. The molecule has 0 aromatic carbocycles. The molecule has 2 aliphatic heterocycles.